The van der Waals surface area contributed by atoms with Crippen molar-refractivity contribution in [3.05, 3.63) is 35.9 Å². The molecule has 0 N–H and O–H groups in total. The highest BCUT2D eigenvalue weighted by Crippen LogP contribution is 2.38. The molecule has 0 spiro atoms. The fourth-order valence-corrected chi connectivity index (χ4v) is 5.50. The first-order valence-corrected chi connectivity index (χ1v) is 13.1. The van der Waals surface area contributed by atoms with E-state index in [0.29, 0.717) is 6.61 Å². The van der Waals surface area contributed by atoms with Crippen LogP contribution < -0.4 is 9.47 Å². The quantitative estimate of drug-likeness (QED) is 0.282. The zero-order valence-electron chi connectivity index (χ0n) is 21.2. The van der Waals surface area contributed by atoms with Gasteiger partial charge in [-0.05, 0) is 77.4 Å². The zero-order valence-corrected chi connectivity index (χ0v) is 21.2. The van der Waals surface area contributed by atoms with E-state index in [-0.39, 0.29) is 23.8 Å². The van der Waals surface area contributed by atoms with E-state index in [2.05, 4.69) is 43.3 Å². The van der Waals surface area contributed by atoms with Gasteiger partial charge in [0.25, 0.3) is 0 Å². The summed E-state index contributed by atoms with van der Waals surface area (Å²) in [7, 11) is 5.87. The van der Waals surface area contributed by atoms with Crippen LogP contribution in [0.4, 0.5) is 0 Å². The summed E-state index contributed by atoms with van der Waals surface area (Å²) in [5, 5.41) is 6.94. The fraction of sp³-hybridized carbons (Fsp3) is 0.643. The van der Waals surface area contributed by atoms with Crippen LogP contribution in [-0.4, -0.2) is 61.9 Å². The lowest BCUT2D eigenvalue weighted by Crippen LogP contribution is -2.49. The largest absolute Gasteiger partial charge is 0.493 e. The molecule has 6 nitrogen and oxygen atoms in total. The number of fused-ring (bicyclic) bond motifs is 1. The minimum Gasteiger partial charge on any atom is -0.493 e. The van der Waals surface area contributed by atoms with Gasteiger partial charge in [0.15, 0.2) is 11.5 Å². The third kappa shape index (κ3) is 5.83. The molecular formula is C28H41N3O3. The summed E-state index contributed by atoms with van der Waals surface area (Å²) in [4.78, 5) is 15.7. The predicted molar refractivity (Wildman–Crippen MR) is 137 cm³/mol. The van der Waals surface area contributed by atoms with Gasteiger partial charge in [0.05, 0.1) is 31.4 Å². The highest BCUT2D eigenvalue weighted by atomic mass is 16.5. The van der Waals surface area contributed by atoms with Crippen molar-refractivity contribution in [2.45, 2.75) is 70.3 Å². The first-order valence-electron chi connectivity index (χ1n) is 13.1. The Morgan fingerprint density at radius 1 is 1.00 bits per heavy atom. The molecule has 186 valence electrons. The summed E-state index contributed by atoms with van der Waals surface area (Å²) in [6.45, 7) is 1.71. The third-order valence-corrected chi connectivity index (χ3v) is 7.43. The molecule has 1 saturated carbocycles. The molecule has 1 aromatic carbocycles. The maximum absolute atomic E-state index is 13.5. The van der Waals surface area contributed by atoms with E-state index in [1.165, 1.54) is 25.7 Å². The standard InChI is InChI=1S/C28H41N3O3/c1-30(2)18-10-11-19-34-26-20-21(16-17-25(26)33-3)27-23-14-8-9-15-24(23)28(32)31(29-27)22-12-6-4-5-7-13-22/h8-9,16-17,20,22-24H,4-7,10-15,18-19H2,1-3H3/t23-,24+/m1/s1. The predicted octanol–water partition coefficient (Wildman–Crippen LogP) is 5.27. The first kappa shape index (κ1) is 24.8. The number of carbonyl (C=O) groups excluding carboxylic acids is 1. The van der Waals surface area contributed by atoms with Crippen molar-refractivity contribution in [2.75, 3.05) is 34.4 Å². The molecule has 1 fully saturated rings. The van der Waals surface area contributed by atoms with Crippen LogP contribution in [0.25, 0.3) is 0 Å². The first-order chi connectivity index (χ1) is 16.6. The number of hydrogen-bond acceptors (Lipinski definition) is 5. The second-order valence-electron chi connectivity index (χ2n) is 10.2. The highest BCUT2D eigenvalue weighted by Gasteiger charge is 2.42. The molecule has 1 amide bonds. The SMILES string of the molecule is COc1ccc(C2=NN(C3CCCCCC3)C(=O)[C@H]3CC=CC[C@@H]23)cc1OCCCCN(C)C. The Morgan fingerprint density at radius 3 is 2.44 bits per heavy atom. The number of carbonyl (C=O) groups is 1. The van der Waals surface area contributed by atoms with Crippen molar-refractivity contribution in [1.82, 2.24) is 9.91 Å². The lowest BCUT2D eigenvalue weighted by molar-refractivity contribution is -0.140. The molecule has 1 aromatic rings. The molecule has 4 rings (SSSR count). The number of nitrogens with zero attached hydrogens (tertiary/aromatic N) is 3. The van der Waals surface area contributed by atoms with Gasteiger partial charge in [-0.3, -0.25) is 4.79 Å². The molecule has 6 heteroatoms. The minimum absolute atomic E-state index is 0.0155. The van der Waals surface area contributed by atoms with Gasteiger partial charge in [0.2, 0.25) is 5.91 Å². The molecule has 0 saturated heterocycles. The van der Waals surface area contributed by atoms with Gasteiger partial charge < -0.3 is 14.4 Å². The molecule has 0 aromatic heterocycles. The van der Waals surface area contributed by atoms with Crippen molar-refractivity contribution in [3.8, 4) is 11.5 Å². The highest BCUT2D eigenvalue weighted by molar-refractivity contribution is 6.07. The summed E-state index contributed by atoms with van der Waals surface area (Å²) in [6, 6.07) is 6.35. The van der Waals surface area contributed by atoms with Gasteiger partial charge in [0, 0.05) is 11.5 Å². The lowest BCUT2D eigenvalue weighted by atomic mass is 9.76. The van der Waals surface area contributed by atoms with Gasteiger partial charge >= 0.3 is 0 Å². The van der Waals surface area contributed by atoms with Crippen LogP contribution in [0.3, 0.4) is 0 Å². The Bertz CT molecular complexity index is 887. The monoisotopic (exact) mass is 467 g/mol. The van der Waals surface area contributed by atoms with Crippen LogP contribution >= 0.6 is 0 Å². The number of methoxy groups -OCH3 is 1. The third-order valence-electron chi connectivity index (χ3n) is 7.43. The second kappa shape index (κ2) is 11.9. The molecule has 0 bridgehead atoms. The van der Waals surface area contributed by atoms with Crippen LogP contribution in [0.1, 0.15) is 69.8 Å². The number of hydrazone groups is 1. The number of unbranched alkanes of at least 4 members (excludes halogenated alkanes) is 1. The average molecular weight is 468 g/mol. The van der Waals surface area contributed by atoms with E-state index in [4.69, 9.17) is 14.6 Å². The van der Waals surface area contributed by atoms with E-state index in [0.717, 1.165) is 67.8 Å². The van der Waals surface area contributed by atoms with Crippen molar-refractivity contribution in [3.63, 3.8) is 0 Å². The van der Waals surface area contributed by atoms with Gasteiger partial charge in [-0.1, -0.05) is 37.8 Å². The van der Waals surface area contributed by atoms with Crippen LogP contribution in [0.15, 0.2) is 35.5 Å². The molecule has 1 aliphatic heterocycles. The number of benzene rings is 1. The zero-order chi connectivity index (χ0) is 23.9. The molecule has 34 heavy (non-hydrogen) atoms. The molecule has 0 unspecified atom stereocenters. The van der Waals surface area contributed by atoms with E-state index in [1.54, 1.807) is 7.11 Å². The average Bonchev–Trinajstić information content (AvgIpc) is 3.13. The molecule has 2 atom stereocenters. The summed E-state index contributed by atoms with van der Waals surface area (Å²) in [5.74, 6) is 1.83. The van der Waals surface area contributed by atoms with Crippen molar-refractivity contribution < 1.29 is 14.3 Å². The number of hydrogen-bond donors (Lipinski definition) is 0. The van der Waals surface area contributed by atoms with Crippen LogP contribution in [-0.2, 0) is 4.79 Å². The summed E-state index contributed by atoms with van der Waals surface area (Å²) in [6.07, 6.45) is 15.1. The number of amides is 1. The molecule has 0 radical (unpaired) electrons. The number of allylic oxidation sites excluding steroid dienone is 2. The number of rotatable bonds is 9. The summed E-state index contributed by atoms with van der Waals surface area (Å²) >= 11 is 0. The van der Waals surface area contributed by atoms with E-state index in [9.17, 15) is 4.79 Å². The minimum atomic E-state index is -0.0155. The Labute approximate surface area is 205 Å². The fourth-order valence-electron chi connectivity index (χ4n) is 5.50. The lowest BCUT2D eigenvalue weighted by Gasteiger charge is -2.40. The molecule has 2 aliphatic carbocycles. The molecular weight excluding hydrogens is 426 g/mol. The normalized spacial score (nSPS) is 23.5. The molecule has 1 heterocycles. The molecule has 3 aliphatic rings. The van der Waals surface area contributed by atoms with Crippen LogP contribution in [0, 0.1) is 11.8 Å². The van der Waals surface area contributed by atoms with Crippen molar-refractivity contribution in [2.24, 2.45) is 16.9 Å². The van der Waals surface area contributed by atoms with E-state index >= 15 is 0 Å². The van der Waals surface area contributed by atoms with E-state index < -0.39 is 0 Å². The summed E-state index contributed by atoms with van der Waals surface area (Å²) < 4.78 is 11.8. The summed E-state index contributed by atoms with van der Waals surface area (Å²) in [5.41, 5.74) is 2.07. The van der Waals surface area contributed by atoms with Gasteiger partial charge in [-0.25, -0.2) is 5.01 Å². The van der Waals surface area contributed by atoms with Crippen molar-refractivity contribution >= 4 is 11.6 Å². The Kier molecular flexibility index (Phi) is 8.65. The van der Waals surface area contributed by atoms with Crippen molar-refractivity contribution in [1.29, 1.82) is 0 Å². The van der Waals surface area contributed by atoms with E-state index in [1.807, 2.05) is 11.1 Å². The Morgan fingerprint density at radius 2 is 1.74 bits per heavy atom. The van der Waals surface area contributed by atoms with Gasteiger partial charge in [-0.15, -0.1) is 0 Å². The van der Waals surface area contributed by atoms with Crippen LogP contribution in [0.2, 0.25) is 0 Å². The number of ether oxygens (including phenoxy) is 2. The maximum Gasteiger partial charge on any atom is 0.247 e. The van der Waals surface area contributed by atoms with Gasteiger partial charge in [0.1, 0.15) is 0 Å². The Balaban J connectivity index is 1.59. The smallest absolute Gasteiger partial charge is 0.247 e. The van der Waals surface area contributed by atoms with Gasteiger partial charge in [-0.2, -0.15) is 5.10 Å². The topological polar surface area (TPSA) is 54.4 Å². The Hall–Kier alpha value is -2.34. The van der Waals surface area contributed by atoms with Crippen LogP contribution in [0.5, 0.6) is 11.5 Å². The second-order valence-corrected chi connectivity index (χ2v) is 10.2. The maximum atomic E-state index is 13.5.